The highest BCUT2D eigenvalue weighted by Crippen LogP contribution is 2.17. The number of carbonyl (C=O) groups is 1. The van der Waals surface area contributed by atoms with E-state index in [1.807, 2.05) is 0 Å². The molecule has 0 aromatic heterocycles. The summed E-state index contributed by atoms with van der Waals surface area (Å²) < 4.78 is 12.2. The first-order valence-electron chi connectivity index (χ1n) is 4.31. The number of alkyl halides is 1. The first-order valence-corrected chi connectivity index (χ1v) is 4.31. The number of carbonyl (C=O) groups excluding carboxylic acids is 1. The molecule has 14 heavy (non-hydrogen) atoms. The van der Waals surface area contributed by atoms with E-state index in [-0.39, 0.29) is 0 Å². The number of nitrogens with one attached hydrogen (secondary N) is 1. The second-order valence-corrected chi connectivity index (χ2v) is 2.97. The lowest BCUT2D eigenvalue weighted by atomic mass is 10.0. The number of benzene rings is 1. The predicted molar refractivity (Wildman–Crippen MR) is 53.9 cm³/mol. The summed E-state index contributed by atoms with van der Waals surface area (Å²) in [7, 11) is 1.76. The Morgan fingerprint density at radius 3 is 2.86 bits per heavy atom. The van der Waals surface area contributed by atoms with Gasteiger partial charge in [-0.2, -0.15) is 0 Å². The Balaban J connectivity index is 3.15. The van der Waals surface area contributed by atoms with Gasteiger partial charge in [-0.15, -0.1) is 0 Å². The van der Waals surface area contributed by atoms with Crippen molar-refractivity contribution >= 4 is 11.5 Å². The van der Waals surface area contributed by atoms with Crippen LogP contribution in [0.3, 0.4) is 0 Å². The van der Waals surface area contributed by atoms with Crippen molar-refractivity contribution in [2.24, 2.45) is 0 Å². The average molecular weight is 196 g/mol. The zero-order valence-corrected chi connectivity index (χ0v) is 8.01. The van der Waals surface area contributed by atoms with E-state index in [1.54, 1.807) is 25.2 Å². The molecule has 0 aliphatic rings. The average Bonchev–Trinajstić information content (AvgIpc) is 2.18. The van der Waals surface area contributed by atoms with Crippen LogP contribution in [-0.2, 0) is 6.54 Å². The number of hydrogen-bond donors (Lipinski definition) is 2. The Kier molecular flexibility index (Phi) is 3.59. The predicted octanol–water partition coefficient (Wildman–Crippen LogP) is 1.14. The Labute approximate surface area is 82.1 Å². The molecule has 0 atom stereocenters. The molecule has 3 nitrogen and oxygen atoms in total. The highest BCUT2D eigenvalue weighted by Gasteiger charge is 2.13. The number of Topliss-reactive ketones (excluding diaryl/α,β-unsaturated/α-hetero) is 1. The number of halogens is 1. The van der Waals surface area contributed by atoms with E-state index in [2.05, 4.69) is 5.32 Å². The molecule has 0 bridgehead atoms. The normalized spacial score (nSPS) is 10.1. The fourth-order valence-corrected chi connectivity index (χ4v) is 1.36. The van der Waals surface area contributed by atoms with Crippen LogP contribution < -0.4 is 11.1 Å². The Bertz CT molecular complexity index is 339. The summed E-state index contributed by atoms with van der Waals surface area (Å²) in [5, 5.41) is 2.90. The van der Waals surface area contributed by atoms with Gasteiger partial charge in [0.05, 0.1) is 0 Å². The fourth-order valence-electron chi connectivity index (χ4n) is 1.36. The SMILES string of the molecule is CNCc1cccc(N)c1C(=O)CF. The van der Waals surface area contributed by atoms with Crippen LogP contribution in [0.25, 0.3) is 0 Å². The summed E-state index contributed by atoms with van der Waals surface area (Å²) in [6.07, 6.45) is 0. The van der Waals surface area contributed by atoms with Crippen molar-refractivity contribution in [3.63, 3.8) is 0 Å². The summed E-state index contributed by atoms with van der Waals surface area (Å²) in [6.45, 7) is -0.503. The lowest BCUT2D eigenvalue weighted by molar-refractivity contribution is 0.0958. The van der Waals surface area contributed by atoms with Crippen LogP contribution >= 0.6 is 0 Å². The molecule has 0 amide bonds. The van der Waals surface area contributed by atoms with Gasteiger partial charge in [0, 0.05) is 17.8 Å². The third-order valence-corrected chi connectivity index (χ3v) is 1.95. The molecule has 1 rings (SSSR count). The minimum absolute atomic E-state index is 0.296. The number of nitrogens with two attached hydrogens (primary N) is 1. The van der Waals surface area contributed by atoms with E-state index in [1.165, 1.54) is 0 Å². The molecule has 4 heteroatoms. The van der Waals surface area contributed by atoms with E-state index in [4.69, 9.17) is 5.73 Å². The number of ketones is 1. The van der Waals surface area contributed by atoms with Gasteiger partial charge in [0.1, 0.15) is 0 Å². The molecule has 3 N–H and O–H groups in total. The topological polar surface area (TPSA) is 55.1 Å². The van der Waals surface area contributed by atoms with E-state index >= 15 is 0 Å². The van der Waals surface area contributed by atoms with E-state index in [9.17, 15) is 9.18 Å². The van der Waals surface area contributed by atoms with Crippen LogP contribution in [-0.4, -0.2) is 19.5 Å². The van der Waals surface area contributed by atoms with Gasteiger partial charge >= 0.3 is 0 Å². The maximum Gasteiger partial charge on any atom is 0.196 e. The van der Waals surface area contributed by atoms with Crippen molar-refractivity contribution in [2.75, 3.05) is 19.5 Å². The summed E-state index contributed by atoms with van der Waals surface area (Å²) in [5.74, 6) is -0.562. The summed E-state index contributed by atoms with van der Waals surface area (Å²) in [5.41, 5.74) is 6.97. The van der Waals surface area contributed by atoms with E-state index < -0.39 is 12.5 Å². The Morgan fingerprint density at radius 2 is 2.29 bits per heavy atom. The van der Waals surface area contributed by atoms with Crippen molar-refractivity contribution < 1.29 is 9.18 Å². The summed E-state index contributed by atoms with van der Waals surface area (Å²) >= 11 is 0. The molecule has 0 heterocycles. The van der Waals surface area contributed by atoms with Gasteiger partial charge in [0.2, 0.25) is 0 Å². The Hall–Kier alpha value is -1.42. The quantitative estimate of drug-likeness (QED) is 0.561. The number of hydrogen-bond acceptors (Lipinski definition) is 3. The zero-order chi connectivity index (χ0) is 10.6. The molecule has 0 unspecified atom stereocenters. The third-order valence-electron chi connectivity index (χ3n) is 1.95. The summed E-state index contributed by atoms with van der Waals surface area (Å²) in [6, 6.07) is 5.11. The van der Waals surface area contributed by atoms with Crippen LogP contribution in [0.1, 0.15) is 15.9 Å². The zero-order valence-electron chi connectivity index (χ0n) is 8.01. The molecule has 0 saturated heterocycles. The molecule has 0 spiro atoms. The van der Waals surface area contributed by atoms with Gasteiger partial charge in [0.15, 0.2) is 12.5 Å². The van der Waals surface area contributed by atoms with E-state index in [0.29, 0.717) is 17.8 Å². The fraction of sp³-hybridized carbons (Fsp3) is 0.300. The third kappa shape index (κ3) is 2.09. The van der Waals surface area contributed by atoms with Crippen LogP contribution in [0.5, 0.6) is 0 Å². The Morgan fingerprint density at radius 1 is 1.57 bits per heavy atom. The molecule has 0 saturated carbocycles. The van der Waals surface area contributed by atoms with Crippen LogP contribution in [0.15, 0.2) is 18.2 Å². The lowest BCUT2D eigenvalue weighted by Gasteiger charge is -2.09. The van der Waals surface area contributed by atoms with Crippen LogP contribution in [0, 0.1) is 0 Å². The van der Waals surface area contributed by atoms with Gasteiger partial charge in [-0.3, -0.25) is 4.79 Å². The minimum atomic E-state index is -1.01. The minimum Gasteiger partial charge on any atom is -0.398 e. The van der Waals surface area contributed by atoms with Crippen molar-refractivity contribution in [1.29, 1.82) is 0 Å². The maximum absolute atomic E-state index is 12.2. The molecule has 0 fully saturated rings. The molecule has 0 aliphatic heterocycles. The van der Waals surface area contributed by atoms with Gasteiger partial charge in [0.25, 0.3) is 0 Å². The second-order valence-electron chi connectivity index (χ2n) is 2.97. The maximum atomic E-state index is 12.2. The molecular formula is C10H13FN2O. The van der Waals surface area contributed by atoms with Gasteiger partial charge in [-0.05, 0) is 18.7 Å². The molecule has 0 aliphatic carbocycles. The van der Waals surface area contributed by atoms with Gasteiger partial charge < -0.3 is 11.1 Å². The monoisotopic (exact) mass is 196 g/mol. The number of anilines is 1. The number of nitrogen functional groups attached to an aromatic ring is 1. The molecule has 1 aromatic carbocycles. The first-order chi connectivity index (χ1) is 6.70. The molecular weight excluding hydrogens is 183 g/mol. The largest absolute Gasteiger partial charge is 0.398 e. The van der Waals surface area contributed by atoms with Crippen LogP contribution in [0.4, 0.5) is 10.1 Å². The summed E-state index contributed by atoms with van der Waals surface area (Å²) in [4.78, 5) is 11.2. The van der Waals surface area contributed by atoms with Crippen molar-refractivity contribution in [2.45, 2.75) is 6.54 Å². The van der Waals surface area contributed by atoms with Crippen molar-refractivity contribution in [3.05, 3.63) is 29.3 Å². The standard InChI is InChI=1S/C10H13FN2O/c1-13-6-7-3-2-4-8(12)10(7)9(14)5-11/h2-4,13H,5-6,12H2,1H3. The lowest BCUT2D eigenvalue weighted by Crippen LogP contribution is -2.14. The molecule has 1 aromatic rings. The van der Waals surface area contributed by atoms with E-state index in [0.717, 1.165) is 5.56 Å². The molecule has 76 valence electrons. The van der Waals surface area contributed by atoms with Crippen molar-refractivity contribution in [1.82, 2.24) is 5.32 Å². The second kappa shape index (κ2) is 4.72. The molecule has 0 radical (unpaired) electrons. The van der Waals surface area contributed by atoms with Crippen LogP contribution in [0.2, 0.25) is 0 Å². The number of rotatable bonds is 4. The highest BCUT2D eigenvalue weighted by atomic mass is 19.1. The first kappa shape index (κ1) is 10.7. The van der Waals surface area contributed by atoms with Crippen molar-refractivity contribution in [3.8, 4) is 0 Å². The smallest absolute Gasteiger partial charge is 0.196 e. The van der Waals surface area contributed by atoms with Gasteiger partial charge in [-0.25, -0.2) is 4.39 Å². The van der Waals surface area contributed by atoms with Gasteiger partial charge in [-0.1, -0.05) is 12.1 Å². The highest BCUT2D eigenvalue weighted by molar-refractivity contribution is 6.02.